The molecule has 0 N–H and O–H groups in total. The minimum absolute atomic E-state index is 0.0228. The van der Waals surface area contributed by atoms with Crippen molar-refractivity contribution in [1.29, 1.82) is 0 Å². The molecule has 6 heteroatoms. The van der Waals surface area contributed by atoms with Gasteiger partial charge in [-0.05, 0) is 36.6 Å². The Bertz CT molecular complexity index is 815. The molecule has 1 aliphatic rings. The average Bonchev–Trinajstić information content (AvgIpc) is 2.73. The van der Waals surface area contributed by atoms with E-state index in [9.17, 15) is 9.59 Å². The van der Waals surface area contributed by atoms with Crippen molar-refractivity contribution in [2.45, 2.75) is 25.9 Å². The third-order valence-electron chi connectivity index (χ3n) is 5.06. The fourth-order valence-corrected chi connectivity index (χ4v) is 3.42. The van der Waals surface area contributed by atoms with Gasteiger partial charge in [0, 0.05) is 19.2 Å². The Morgan fingerprint density at radius 1 is 0.964 bits per heavy atom. The molecule has 0 saturated carbocycles. The lowest BCUT2D eigenvalue weighted by atomic mass is 10.1. The summed E-state index contributed by atoms with van der Waals surface area (Å²) >= 11 is 0. The first-order valence-electron chi connectivity index (χ1n) is 9.36. The normalized spacial score (nSPS) is 17.0. The highest BCUT2D eigenvalue weighted by molar-refractivity contribution is 5.94. The van der Waals surface area contributed by atoms with Crippen LogP contribution in [0.5, 0.6) is 11.5 Å². The lowest BCUT2D eigenvalue weighted by molar-refractivity contribution is -0.155. The Labute approximate surface area is 165 Å². The van der Waals surface area contributed by atoms with Gasteiger partial charge in [0.25, 0.3) is 0 Å². The molecular weight excluding hydrogens is 356 g/mol. The summed E-state index contributed by atoms with van der Waals surface area (Å²) in [5, 5.41) is 0. The van der Waals surface area contributed by atoms with Gasteiger partial charge >= 0.3 is 0 Å². The van der Waals surface area contributed by atoms with Crippen LogP contribution in [0.15, 0.2) is 48.5 Å². The van der Waals surface area contributed by atoms with Gasteiger partial charge in [0.05, 0.1) is 20.8 Å². The van der Waals surface area contributed by atoms with E-state index in [4.69, 9.17) is 9.47 Å². The standard InChI is InChI=1S/C22H26N2O4/c1-16-22(26)23(10-9-17-7-5-4-6-8-17)15-21(25)24(16)14-18-11-19(27-2)13-20(12-18)28-3/h4-8,11-13,16H,9-10,14-15H2,1-3H3/t16-/m0/s1. The summed E-state index contributed by atoms with van der Waals surface area (Å²) in [4.78, 5) is 28.9. The number of carbonyl (C=O) groups is 2. The van der Waals surface area contributed by atoms with Crippen LogP contribution in [0, 0.1) is 0 Å². The molecule has 0 spiro atoms. The Kier molecular flexibility index (Phi) is 6.19. The minimum atomic E-state index is -0.505. The van der Waals surface area contributed by atoms with E-state index < -0.39 is 6.04 Å². The lowest BCUT2D eigenvalue weighted by Crippen LogP contribution is -2.58. The lowest BCUT2D eigenvalue weighted by Gasteiger charge is -2.39. The quantitative estimate of drug-likeness (QED) is 0.738. The zero-order valence-electron chi connectivity index (χ0n) is 16.6. The second kappa shape index (κ2) is 8.78. The predicted molar refractivity (Wildman–Crippen MR) is 106 cm³/mol. The van der Waals surface area contributed by atoms with E-state index in [2.05, 4.69) is 0 Å². The van der Waals surface area contributed by atoms with Gasteiger partial charge in [0.2, 0.25) is 11.8 Å². The van der Waals surface area contributed by atoms with Crippen molar-refractivity contribution in [2.75, 3.05) is 27.3 Å². The van der Waals surface area contributed by atoms with E-state index in [1.54, 1.807) is 37.0 Å². The van der Waals surface area contributed by atoms with Crippen molar-refractivity contribution in [2.24, 2.45) is 0 Å². The van der Waals surface area contributed by atoms with Crippen molar-refractivity contribution in [3.63, 3.8) is 0 Å². The molecule has 148 valence electrons. The van der Waals surface area contributed by atoms with Crippen LogP contribution in [0.4, 0.5) is 0 Å². The summed E-state index contributed by atoms with van der Waals surface area (Å²) in [6.45, 7) is 2.77. The van der Waals surface area contributed by atoms with Gasteiger partial charge in [-0.25, -0.2) is 0 Å². The summed E-state index contributed by atoms with van der Waals surface area (Å²) in [5.74, 6) is 1.23. The molecule has 0 aliphatic carbocycles. The molecule has 3 rings (SSSR count). The highest BCUT2D eigenvalue weighted by Gasteiger charge is 2.36. The molecule has 6 nitrogen and oxygen atoms in total. The Hall–Kier alpha value is -3.02. The number of methoxy groups -OCH3 is 2. The van der Waals surface area contributed by atoms with E-state index in [-0.39, 0.29) is 18.4 Å². The van der Waals surface area contributed by atoms with Crippen molar-refractivity contribution < 1.29 is 19.1 Å². The highest BCUT2D eigenvalue weighted by Crippen LogP contribution is 2.25. The van der Waals surface area contributed by atoms with E-state index in [1.807, 2.05) is 42.5 Å². The number of hydrogen-bond acceptors (Lipinski definition) is 4. The van der Waals surface area contributed by atoms with E-state index in [0.29, 0.717) is 24.6 Å². The molecule has 1 atom stereocenters. The number of carbonyl (C=O) groups excluding carboxylic acids is 2. The molecule has 0 aromatic heterocycles. The Morgan fingerprint density at radius 3 is 2.21 bits per heavy atom. The van der Waals surface area contributed by atoms with E-state index in [1.165, 1.54) is 0 Å². The smallest absolute Gasteiger partial charge is 0.245 e. The maximum atomic E-state index is 12.8. The molecular formula is C22H26N2O4. The second-order valence-corrected chi connectivity index (χ2v) is 6.91. The first kappa shape index (κ1) is 19.7. The SMILES string of the molecule is COc1cc(CN2C(=O)CN(CCc3ccccc3)C(=O)[C@@H]2C)cc(OC)c1. The van der Waals surface area contributed by atoms with Crippen molar-refractivity contribution in [3.05, 3.63) is 59.7 Å². The Balaban J connectivity index is 1.68. The van der Waals surface area contributed by atoms with Crippen LogP contribution in [-0.2, 0) is 22.6 Å². The maximum Gasteiger partial charge on any atom is 0.245 e. The zero-order valence-corrected chi connectivity index (χ0v) is 16.6. The molecule has 1 aliphatic heterocycles. The van der Waals surface area contributed by atoms with Gasteiger partial charge in [-0.3, -0.25) is 9.59 Å². The number of rotatable bonds is 7. The number of ether oxygens (including phenoxy) is 2. The summed E-state index contributed by atoms with van der Waals surface area (Å²) in [6, 6.07) is 15.0. The van der Waals surface area contributed by atoms with Gasteiger partial charge in [-0.1, -0.05) is 30.3 Å². The molecule has 0 radical (unpaired) electrons. The van der Waals surface area contributed by atoms with Crippen LogP contribution in [-0.4, -0.2) is 55.0 Å². The Morgan fingerprint density at radius 2 is 1.61 bits per heavy atom. The minimum Gasteiger partial charge on any atom is -0.497 e. The largest absolute Gasteiger partial charge is 0.497 e. The maximum absolute atomic E-state index is 12.8. The van der Waals surface area contributed by atoms with Crippen LogP contribution in [0.1, 0.15) is 18.1 Å². The fraction of sp³-hybridized carbons (Fsp3) is 0.364. The van der Waals surface area contributed by atoms with Crippen LogP contribution < -0.4 is 9.47 Å². The number of benzene rings is 2. The number of nitrogens with zero attached hydrogens (tertiary/aromatic N) is 2. The molecule has 1 saturated heterocycles. The summed E-state index contributed by atoms with van der Waals surface area (Å²) in [6.07, 6.45) is 0.736. The second-order valence-electron chi connectivity index (χ2n) is 6.91. The fourth-order valence-electron chi connectivity index (χ4n) is 3.42. The third kappa shape index (κ3) is 4.44. The van der Waals surface area contributed by atoms with Crippen molar-refractivity contribution in [1.82, 2.24) is 9.80 Å². The van der Waals surface area contributed by atoms with Crippen LogP contribution >= 0.6 is 0 Å². The van der Waals surface area contributed by atoms with Crippen LogP contribution in [0.2, 0.25) is 0 Å². The molecule has 28 heavy (non-hydrogen) atoms. The van der Waals surface area contributed by atoms with Crippen LogP contribution in [0.25, 0.3) is 0 Å². The summed E-state index contributed by atoms with van der Waals surface area (Å²) in [7, 11) is 3.17. The molecule has 2 aromatic carbocycles. The molecule has 2 aromatic rings. The monoisotopic (exact) mass is 382 g/mol. The van der Waals surface area contributed by atoms with Crippen molar-refractivity contribution in [3.8, 4) is 11.5 Å². The van der Waals surface area contributed by atoms with Crippen molar-refractivity contribution >= 4 is 11.8 Å². The molecule has 1 fully saturated rings. The topological polar surface area (TPSA) is 59.1 Å². The van der Waals surface area contributed by atoms with Gasteiger partial charge in [-0.2, -0.15) is 0 Å². The summed E-state index contributed by atoms with van der Waals surface area (Å²) < 4.78 is 10.6. The van der Waals surface area contributed by atoms with Gasteiger partial charge in [-0.15, -0.1) is 0 Å². The zero-order chi connectivity index (χ0) is 20.1. The molecule has 2 amide bonds. The van der Waals surface area contributed by atoms with Gasteiger partial charge in [0.15, 0.2) is 0 Å². The average molecular weight is 382 g/mol. The third-order valence-corrected chi connectivity index (χ3v) is 5.06. The molecule has 1 heterocycles. The summed E-state index contributed by atoms with van der Waals surface area (Å²) in [5.41, 5.74) is 2.02. The van der Waals surface area contributed by atoms with E-state index in [0.717, 1.165) is 17.5 Å². The number of piperazine rings is 1. The predicted octanol–water partition coefficient (Wildman–Crippen LogP) is 2.51. The van der Waals surface area contributed by atoms with Gasteiger partial charge in [0.1, 0.15) is 17.5 Å². The first-order chi connectivity index (χ1) is 13.5. The molecule has 0 unspecified atom stereocenters. The highest BCUT2D eigenvalue weighted by atomic mass is 16.5. The number of hydrogen-bond donors (Lipinski definition) is 0. The first-order valence-corrected chi connectivity index (χ1v) is 9.36. The van der Waals surface area contributed by atoms with E-state index >= 15 is 0 Å². The molecule has 0 bridgehead atoms. The van der Waals surface area contributed by atoms with Gasteiger partial charge < -0.3 is 19.3 Å². The van der Waals surface area contributed by atoms with Crippen LogP contribution in [0.3, 0.4) is 0 Å². The number of amides is 2.